The Kier molecular flexibility index (Phi) is 7.16. The van der Waals surface area contributed by atoms with Crippen LogP contribution in [0.1, 0.15) is 16.1 Å². The molecule has 138 valence electrons. The summed E-state index contributed by atoms with van der Waals surface area (Å²) in [5.74, 6) is -0.316. The number of hydrogen-bond acceptors (Lipinski definition) is 10. The molecule has 2 heterocycles. The predicted molar refractivity (Wildman–Crippen MR) is 112 cm³/mol. The molecular formula is C15H9N3O4S5. The number of benzene rings is 1. The van der Waals surface area contributed by atoms with Gasteiger partial charge in [0.25, 0.3) is 5.91 Å². The van der Waals surface area contributed by atoms with E-state index in [1.54, 1.807) is 6.08 Å². The number of nitrogens with zero attached hydrogens (tertiary/aromatic N) is 2. The molecule has 0 saturated carbocycles. The van der Waals surface area contributed by atoms with Crippen LogP contribution in [0.5, 0.6) is 0 Å². The number of thioether (sulfide) groups is 1. The quantitative estimate of drug-likeness (QED) is 0.132. The van der Waals surface area contributed by atoms with E-state index in [4.69, 9.17) is 29.7 Å². The Morgan fingerprint density at radius 1 is 1.37 bits per heavy atom. The molecule has 1 aliphatic rings. The van der Waals surface area contributed by atoms with E-state index >= 15 is 0 Å². The monoisotopic (exact) mass is 455 g/mol. The minimum absolute atomic E-state index is 0.316. The molecule has 3 rings (SSSR count). The number of hydrogen-bond donors (Lipinski definition) is 2. The second-order valence-electron chi connectivity index (χ2n) is 4.88. The van der Waals surface area contributed by atoms with Gasteiger partial charge in [-0.05, 0) is 29.4 Å². The molecule has 2 N–H and O–H groups in total. The molecule has 1 saturated heterocycles. The van der Waals surface area contributed by atoms with Crippen LogP contribution in [0.25, 0.3) is 6.08 Å². The van der Waals surface area contributed by atoms with E-state index in [0.717, 1.165) is 32.8 Å². The Balaban J connectivity index is 1.68. The highest BCUT2D eigenvalue weighted by Gasteiger charge is 2.31. The van der Waals surface area contributed by atoms with E-state index in [9.17, 15) is 4.79 Å². The highest BCUT2D eigenvalue weighted by Crippen LogP contribution is 2.32. The van der Waals surface area contributed by atoms with E-state index in [-0.39, 0.29) is 5.91 Å². The molecular weight excluding hydrogens is 447 g/mol. The average molecular weight is 456 g/mol. The maximum Gasteiger partial charge on any atom is 0.278 e. The van der Waals surface area contributed by atoms with Crippen molar-refractivity contribution in [3.63, 3.8) is 0 Å². The third-order valence-electron chi connectivity index (χ3n) is 3.17. The van der Waals surface area contributed by atoms with Crippen LogP contribution in [0.2, 0.25) is 0 Å². The molecule has 0 radical (unpaired) electrons. The van der Waals surface area contributed by atoms with Gasteiger partial charge in [0.05, 0.1) is 4.91 Å². The number of carbonyl (C=O) groups is 1. The van der Waals surface area contributed by atoms with Crippen molar-refractivity contribution in [1.29, 1.82) is 0 Å². The fraction of sp³-hybridized carbons (Fsp3) is 0.0667. The van der Waals surface area contributed by atoms with Gasteiger partial charge in [-0.25, -0.2) is 10.2 Å². The summed E-state index contributed by atoms with van der Waals surface area (Å²) in [5.41, 5.74) is 1.96. The number of thiocarbonyl (C=S) groups is 1. The number of aromatic nitrogens is 2. The molecule has 0 atom stereocenters. The van der Waals surface area contributed by atoms with Crippen LogP contribution in [0, 0.1) is 15.3 Å². The maximum atomic E-state index is 12.4. The summed E-state index contributed by atoms with van der Waals surface area (Å²) in [6.07, 6.45) is 2.44. The summed E-state index contributed by atoms with van der Waals surface area (Å²) in [7, 11) is 0. The van der Waals surface area contributed by atoms with E-state index < -0.39 is 0 Å². The first-order valence-corrected chi connectivity index (χ1v) is 10.3. The van der Waals surface area contributed by atoms with Crippen molar-refractivity contribution in [1.82, 2.24) is 15.1 Å². The third kappa shape index (κ3) is 5.47. The Labute approximate surface area is 176 Å². The first-order valence-electron chi connectivity index (χ1n) is 7.12. The van der Waals surface area contributed by atoms with E-state index in [1.807, 2.05) is 24.3 Å². The largest absolute Gasteiger partial charge is 0.278 e. The van der Waals surface area contributed by atoms with Gasteiger partial charge in [-0.2, -0.15) is 5.10 Å². The first kappa shape index (κ1) is 20.2. The van der Waals surface area contributed by atoms with Crippen LogP contribution in [0.4, 0.5) is 0 Å². The zero-order valence-corrected chi connectivity index (χ0v) is 17.3. The van der Waals surface area contributed by atoms with Gasteiger partial charge in [-0.1, -0.05) is 64.6 Å². The van der Waals surface area contributed by atoms with Gasteiger partial charge >= 0.3 is 0 Å². The van der Waals surface area contributed by atoms with Gasteiger partial charge in [0.2, 0.25) is 0 Å². The number of H-pyrrole nitrogens is 1. The molecule has 0 unspecified atom stereocenters. The molecule has 0 bridgehead atoms. The topological polar surface area (TPSA) is 87.7 Å². The molecule has 1 fully saturated rings. The molecule has 12 heteroatoms. The lowest BCUT2D eigenvalue weighted by molar-refractivity contribution is -0.431. The molecule has 1 aromatic heterocycles. The highest BCUT2D eigenvalue weighted by molar-refractivity contribution is 8.26. The Morgan fingerprint density at radius 3 is 2.81 bits per heavy atom. The Hall–Kier alpha value is -1.56. The molecule has 2 aromatic rings. The standard InChI is InChI=1S/C15H9N3O4S5/c19-13-11(26-15(24)18(13)5-6-25-22-21-20)7-9-1-3-10(4-2-9)8-12-16-17-14(23)27-12/h1-4,7,20H,8H2,(H,17,23)/b11-7+. The molecule has 0 spiro atoms. The normalized spacial score (nSPS) is 15.3. The zero-order valence-electron chi connectivity index (χ0n) is 13.2. The Bertz CT molecular complexity index is 1000. The SMILES string of the molecule is O=C1/C(=C\c2ccc(Cc3n[nH]c(=S)s3)cc2)SC(=S)N1C#CSOOO. The van der Waals surface area contributed by atoms with Gasteiger partial charge in [0, 0.05) is 17.7 Å². The van der Waals surface area contributed by atoms with Crippen molar-refractivity contribution in [3.8, 4) is 11.3 Å². The van der Waals surface area contributed by atoms with Gasteiger partial charge in [0.15, 0.2) is 8.27 Å². The molecule has 1 amide bonds. The van der Waals surface area contributed by atoms with Crippen molar-refractivity contribution in [3.05, 3.63) is 49.3 Å². The summed E-state index contributed by atoms with van der Waals surface area (Å²) in [6, 6.07) is 10.3. The lowest BCUT2D eigenvalue weighted by Crippen LogP contribution is -2.22. The van der Waals surface area contributed by atoms with Crippen molar-refractivity contribution in [2.75, 3.05) is 0 Å². The molecule has 1 aromatic carbocycles. The summed E-state index contributed by atoms with van der Waals surface area (Å²) in [6.45, 7) is 0. The number of aromatic amines is 1. The summed E-state index contributed by atoms with van der Waals surface area (Å²) in [5, 5.41) is 21.7. The summed E-state index contributed by atoms with van der Waals surface area (Å²) >= 11 is 13.3. The fourth-order valence-corrected chi connectivity index (χ4v) is 4.40. The van der Waals surface area contributed by atoms with E-state index in [1.165, 1.54) is 11.3 Å². The predicted octanol–water partition coefficient (Wildman–Crippen LogP) is 3.98. The van der Waals surface area contributed by atoms with Gasteiger partial charge in [-0.15, -0.1) is 4.33 Å². The van der Waals surface area contributed by atoms with Crippen LogP contribution < -0.4 is 0 Å². The number of rotatable bonds is 5. The lowest BCUT2D eigenvalue weighted by Gasteiger charge is -2.02. The van der Waals surface area contributed by atoms with Crippen molar-refractivity contribution in [2.24, 2.45) is 0 Å². The Morgan fingerprint density at radius 2 is 2.15 bits per heavy atom. The minimum Gasteiger partial charge on any atom is -0.267 e. The van der Waals surface area contributed by atoms with Gasteiger partial charge in [-0.3, -0.25) is 9.89 Å². The van der Waals surface area contributed by atoms with Crippen molar-refractivity contribution in [2.45, 2.75) is 6.42 Å². The van der Waals surface area contributed by atoms with Crippen LogP contribution in [-0.4, -0.2) is 30.6 Å². The van der Waals surface area contributed by atoms with Gasteiger partial charge < -0.3 is 0 Å². The van der Waals surface area contributed by atoms with E-state index in [2.05, 4.69) is 30.9 Å². The van der Waals surface area contributed by atoms with Crippen molar-refractivity contribution < 1.29 is 19.4 Å². The van der Waals surface area contributed by atoms with Gasteiger partial charge in [0.1, 0.15) is 17.1 Å². The number of amides is 1. The van der Waals surface area contributed by atoms with Crippen molar-refractivity contribution >= 4 is 75.9 Å². The van der Waals surface area contributed by atoms with Crippen LogP contribution in [0.3, 0.4) is 0 Å². The number of carbonyl (C=O) groups excluding carboxylic acids is 1. The molecule has 7 nitrogen and oxygen atoms in total. The molecule has 27 heavy (non-hydrogen) atoms. The van der Waals surface area contributed by atoms with E-state index in [0.29, 0.717) is 31.6 Å². The fourth-order valence-electron chi connectivity index (χ4n) is 2.05. The zero-order chi connectivity index (χ0) is 19.2. The first-order chi connectivity index (χ1) is 13.1. The average Bonchev–Trinajstić information content (AvgIpc) is 3.17. The lowest BCUT2D eigenvalue weighted by atomic mass is 10.1. The number of nitrogens with one attached hydrogen (secondary N) is 1. The smallest absolute Gasteiger partial charge is 0.267 e. The maximum absolute atomic E-state index is 12.4. The third-order valence-corrected chi connectivity index (χ3v) is 5.87. The summed E-state index contributed by atoms with van der Waals surface area (Å²) in [4.78, 5) is 14.0. The second kappa shape index (κ2) is 9.58. The van der Waals surface area contributed by atoms with Crippen LogP contribution in [-0.2, 0) is 20.6 Å². The highest BCUT2D eigenvalue weighted by atomic mass is 32.2. The van der Waals surface area contributed by atoms with Crippen LogP contribution >= 0.6 is 59.6 Å². The summed E-state index contributed by atoms with van der Waals surface area (Å²) < 4.78 is 5.10. The minimum atomic E-state index is -0.316. The molecule has 0 aliphatic carbocycles. The molecule has 1 aliphatic heterocycles. The second-order valence-corrected chi connectivity index (χ2v) is 8.82. The van der Waals surface area contributed by atoms with Crippen LogP contribution in [0.15, 0.2) is 29.2 Å².